The molecule has 0 heterocycles. The summed E-state index contributed by atoms with van der Waals surface area (Å²) in [5, 5.41) is 1.51. The molecule has 1 amide bonds. The Balaban J connectivity index is 5.77. The second-order valence-corrected chi connectivity index (χ2v) is 3.87. The van der Waals surface area contributed by atoms with Crippen LogP contribution in [0, 0.1) is 0 Å². The van der Waals surface area contributed by atoms with Gasteiger partial charge in [-0.05, 0) is 13.3 Å². The third-order valence-corrected chi connectivity index (χ3v) is 1.98. The third-order valence-electron chi connectivity index (χ3n) is 1.98. The summed E-state index contributed by atoms with van der Waals surface area (Å²) in [4.78, 5) is 11.2. The summed E-state index contributed by atoms with van der Waals surface area (Å²) in [5.74, 6) is -9.46. The molecule has 0 aromatic heterocycles. The lowest BCUT2D eigenvalue weighted by Crippen LogP contribution is -2.24. The van der Waals surface area contributed by atoms with Crippen LogP contribution in [0.3, 0.4) is 0 Å². The SMILES string of the molecule is CCCC(=O)NC(/C(F)=C(\C)F)=C(F)/C(F)=C/C(F)(F)F. The van der Waals surface area contributed by atoms with E-state index >= 15 is 0 Å². The number of alkyl halides is 3. The van der Waals surface area contributed by atoms with Crippen LogP contribution < -0.4 is 5.32 Å². The predicted octanol–water partition coefficient (Wildman–Crippen LogP) is 4.67. The number of amides is 1. The summed E-state index contributed by atoms with van der Waals surface area (Å²) >= 11 is 0. The molecule has 0 rings (SSSR count). The normalized spacial score (nSPS) is 15.4. The van der Waals surface area contributed by atoms with Crippen molar-refractivity contribution in [3.8, 4) is 0 Å². The summed E-state index contributed by atoms with van der Waals surface area (Å²) in [6.45, 7) is 2.07. The molecule has 0 spiro atoms. The molecule has 0 aromatic carbocycles. The lowest BCUT2D eigenvalue weighted by atomic mass is 10.2. The number of halogens is 7. The first-order chi connectivity index (χ1) is 9.49. The van der Waals surface area contributed by atoms with Crippen molar-refractivity contribution in [2.45, 2.75) is 32.9 Å². The van der Waals surface area contributed by atoms with Gasteiger partial charge < -0.3 is 5.32 Å². The van der Waals surface area contributed by atoms with Gasteiger partial charge in [0.25, 0.3) is 0 Å². The van der Waals surface area contributed by atoms with E-state index in [0.29, 0.717) is 6.92 Å². The molecule has 0 atom stereocenters. The Kier molecular flexibility index (Phi) is 7.17. The van der Waals surface area contributed by atoms with Crippen molar-refractivity contribution in [2.75, 3.05) is 0 Å². The number of carbonyl (C=O) groups excluding carboxylic acids is 1. The largest absolute Gasteiger partial charge is 0.412 e. The van der Waals surface area contributed by atoms with Crippen molar-refractivity contribution in [3.05, 3.63) is 35.1 Å². The van der Waals surface area contributed by atoms with Crippen LogP contribution in [0.4, 0.5) is 30.7 Å². The van der Waals surface area contributed by atoms with Gasteiger partial charge in [-0.3, -0.25) is 4.79 Å². The topological polar surface area (TPSA) is 29.1 Å². The Bertz CT molecular complexity index is 484. The fourth-order valence-corrected chi connectivity index (χ4v) is 1.13. The maximum atomic E-state index is 13.5. The highest BCUT2D eigenvalue weighted by Gasteiger charge is 2.28. The van der Waals surface area contributed by atoms with Crippen LogP contribution in [-0.4, -0.2) is 12.1 Å². The van der Waals surface area contributed by atoms with Crippen LogP contribution in [0.5, 0.6) is 0 Å². The molecule has 120 valence electrons. The number of allylic oxidation sites excluding steroid dienone is 5. The number of carbonyl (C=O) groups is 1. The van der Waals surface area contributed by atoms with E-state index in [2.05, 4.69) is 0 Å². The van der Waals surface area contributed by atoms with Crippen LogP contribution in [-0.2, 0) is 4.79 Å². The van der Waals surface area contributed by atoms with Crippen LogP contribution in [0.2, 0.25) is 0 Å². The molecule has 0 saturated carbocycles. The van der Waals surface area contributed by atoms with Crippen molar-refractivity contribution in [1.29, 1.82) is 0 Å². The lowest BCUT2D eigenvalue weighted by Gasteiger charge is -2.10. The van der Waals surface area contributed by atoms with Gasteiger partial charge in [-0.2, -0.15) is 13.2 Å². The number of rotatable bonds is 5. The minimum atomic E-state index is -5.20. The van der Waals surface area contributed by atoms with Gasteiger partial charge in [0.05, 0.1) is 6.08 Å². The van der Waals surface area contributed by atoms with Crippen molar-refractivity contribution in [3.63, 3.8) is 0 Å². The minimum absolute atomic E-state index is 0.236. The number of nitrogens with one attached hydrogen (secondary N) is 1. The molecule has 0 radical (unpaired) electrons. The molecule has 0 unspecified atom stereocenters. The van der Waals surface area contributed by atoms with Crippen LogP contribution in [0.15, 0.2) is 35.1 Å². The number of hydrogen-bond acceptors (Lipinski definition) is 1. The van der Waals surface area contributed by atoms with Gasteiger partial charge in [0.1, 0.15) is 11.5 Å². The summed E-state index contributed by atoms with van der Waals surface area (Å²) in [7, 11) is 0. The molecule has 0 aliphatic carbocycles. The summed E-state index contributed by atoms with van der Waals surface area (Å²) in [5.41, 5.74) is -1.62. The zero-order valence-corrected chi connectivity index (χ0v) is 11.0. The molecule has 0 bridgehead atoms. The zero-order valence-electron chi connectivity index (χ0n) is 11.0. The minimum Gasteiger partial charge on any atom is -0.321 e. The molecular weight excluding hydrogens is 307 g/mol. The molecule has 0 aromatic rings. The highest BCUT2D eigenvalue weighted by Crippen LogP contribution is 2.28. The van der Waals surface area contributed by atoms with E-state index < -0.39 is 47.2 Å². The average Bonchev–Trinajstić information content (AvgIpc) is 2.32. The van der Waals surface area contributed by atoms with E-state index in [0.717, 1.165) is 0 Å². The van der Waals surface area contributed by atoms with Gasteiger partial charge in [-0.1, -0.05) is 6.92 Å². The van der Waals surface area contributed by atoms with E-state index in [9.17, 15) is 35.5 Å². The van der Waals surface area contributed by atoms with Gasteiger partial charge in [-0.15, -0.1) is 0 Å². The Morgan fingerprint density at radius 1 is 1.10 bits per heavy atom. The van der Waals surface area contributed by atoms with Crippen molar-refractivity contribution in [1.82, 2.24) is 5.32 Å². The van der Waals surface area contributed by atoms with Crippen molar-refractivity contribution in [2.24, 2.45) is 0 Å². The molecule has 0 aliphatic heterocycles. The second kappa shape index (κ2) is 7.84. The van der Waals surface area contributed by atoms with E-state index in [1.54, 1.807) is 0 Å². The molecule has 1 N–H and O–H groups in total. The van der Waals surface area contributed by atoms with E-state index in [1.165, 1.54) is 12.2 Å². The Morgan fingerprint density at radius 3 is 2.00 bits per heavy atom. The van der Waals surface area contributed by atoms with Crippen LogP contribution >= 0.6 is 0 Å². The van der Waals surface area contributed by atoms with E-state index in [4.69, 9.17) is 0 Å². The first kappa shape index (κ1) is 19.2. The van der Waals surface area contributed by atoms with Gasteiger partial charge in [0, 0.05) is 6.42 Å². The van der Waals surface area contributed by atoms with Gasteiger partial charge >= 0.3 is 6.18 Å². The molecular formula is C12H12F7NO. The van der Waals surface area contributed by atoms with Gasteiger partial charge in [0.2, 0.25) is 5.91 Å². The first-order valence-corrected chi connectivity index (χ1v) is 5.67. The molecule has 9 heteroatoms. The highest BCUT2D eigenvalue weighted by molar-refractivity contribution is 5.78. The van der Waals surface area contributed by atoms with Crippen LogP contribution in [0.1, 0.15) is 26.7 Å². The Hall–Kier alpha value is -1.80. The van der Waals surface area contributed by atoms with Crippen molar-refractivity contribution < 1.29 is 35.5 Å². The maximum absolute atomic E-state index is 13.5. The van der Waals surface area contributed by atoms with E-state index in [1.807, 2.05) is 0 Å². The molecule has 0 aliphatic rings. The van der Waals surface area contributed by atoms with Gasteiger partial charge in [-0.25, -0.2) is 17.6 Å². The predicted molar refractivity (Wildman–Crippen MR) is 61.3 cm³/mol. The highest BCUT2D eigenvalue weighted by atomic mass is 19.4. The average molecular weight is 319 g/mol. The standard InChI is InChI=1S/C12H12F7NO/c1-3-4-8(21)20-11(9(15)6(2)13)10(16)7(14)5-12(17,18)19/h5H,3-4H2,1-2H3,(H,20,21)/b7-5-,9-6-,11-10-. The second-order valence-electron chi connectivity index (χ2n) is 3.87. The quantitative estimate of drug-likeness (QED) is 0.579. The summed E-state index contributed by atoms with van der Waals surface area (Å²) in [6, 6.07) is 0. The Labute approximate surface area is 116 Å². The monoisotopic (exact) mass is 319 g/mol. The molecule has 2 nitrogen and oxygen atoms in total. The molecule has 0 saturated heterocycles. The maximum Gasteiger partial charge on any atom is 0.412 e. The van der Waals surface area contributed by atoms with E-state index in [-0.39, 0.29) is 12.8 Å². The van der Waals surface area contributed by atoms with Crippen molar-refractivity contribution >= 4 is 5.91 Å². The fraction of sp³-hybridized carbons (Fsp3) is 0.417. The van der Waals surface area contributed by atoms with Gasteiger partial charge in [0.15, 0.2) is 17.5 Å². The van der Waals surface area contributed by atoms with Crippen LogP contribution in [0.25, 0.3) is 0 Å². The fourth-order valence-electron chi connectivity index (χ4n) is 1.13. The lowest BCUT2D eigenvalue weighted by molar-refractivity contribution is -0.120. The number of hydrogen-bond donors (Lipinski definition) is 1. The zero-order chi connectivity index (χ0) is 16.8. The summed E-state index contributed by atoms with van der Waals surface area (Å²) < 4.78 is 88.3. The third kappa shape index (κ3) is 6.96. The molecule has 21 heavy (non-hydrogen) atoms. The molecule has 0 fully saturated rings. The smallest absolute Gasteiger partial charge is 0.321 e. The Morgan fingerprint density at radius 2 is 1.62 bits per heavy atom. The summed E-state index contributed by atoms with van der Waals surface area (Å²) in [6.07, 6.45) is -6.26. The first-order valence-electron chi connectivity index (χ1n) is 5.67.